The minimum atomic E-state index is -0.955. The van der Waals surface area contributed by atoms with Gasteiger partial charge in [0.05, 0.1) is 31.6 Å². The second-order valence-corrected chi connectivity index (χ2v) is 8.19. The van der Waals surface area contributed by atoms with E-state index in [9.17, 15) is 24.6 Å². The molecule has 0 saturated carbocycles. The first kappa shape index (κ1) is 26.8. The number of carboxylic acid groups (broad SMARTS) is 2. The maximum absolute atomic E-state index is 13.0. The summed E-state index contributed by atoms with van der Waals surface area (Å²) in [5.74, 6) is -1.50. The van der Waals surface area contributed by atoms with Crippen molar-refractivity contribution in [3.05, 3.63) is 64.3 Å². The molecule has 0 amide bonds. The highest BCUT2D eigenvalue weighted by Crippen LogP contribution is 2.30. The third kappa shape index (κ3) is 5.93. The molecular weight excluding hydrogens is 464 g/mol. The van der Waals surface area contributed by atoms with Gasteiger partial charge in [-0.15, -0.1) is 0 Å². The number of fused-ring (bicyclic) bond motifs is 1. The molecule has 1 aliphatic heterocycles. The fourth-order valence-corrected chi connectivity index (χ4v) is 4.06. The van der Waals surface area contributed by atoms with Crippen molar-refractivity contribution >= 4 is 40.3 Å². The lowest BCUT2D eigenvalue weighted by molar-refractivity contribution is -0.664. The Hall–Kier alpha value is -3.40. The number of nitrogens with two attached hydrogens (primary N) is 1. The van der Waals surface area contributed by atoms with Gasteiger partial charge in [-0.25, -0.2) is 0 Å². The number of quaternary nitrogens is 1. The van der Waals surface area contributed by atoms with Crippen LogP contribution < -0.4 is 15.2 Å². The number of carboxylic acids is 2. The van der Waals surface area contributed by atoms with Gasteiger partial charge in [0.25, 0.3) is 5.91 Å². The molecule has 10 heteroatoms. The normalized spacial score (nSPS) is 14.6. The zero-order valence-corrected chi connectivity index (χ0v) is 19.6. The highest BCUT2D eigenvalue weighted by atomic mass is 35.5. The summed E-state index contributed by atoms with van der Waals surface area (Å²) in [5.41, 5.74) is 2.32. The highest BCUT2D eigenvalue weighted by molar-refractivity contribution is 6.30. The van der Waals surface area contributed by atoms with Crippen LogP contribution in [0.2, 0.25) is 5.02 Å². The number of hydrogen-bond donors (Lipinski definition) is 2. The number of ether oxygens (including phenoxy) is 1. The largest absolute Gasteiger partial charge is 0.544 e. The van der Waals surface area contributed by atoms with Gasteiger partial charge in [-0.1, -0.05) is 11.6 Å². The second kappa shape index (κ2) is 11.6. The lowest BCUT2D eigenvalue weighted by Crippen LogP contribution is -2.89. The number of hydrogen-bond acceptors (Lipinski definition) is 5. The van der Waals surface area contributed by atoms with Gasteiger partial charge in [-0.05, 0) is 55.0 Å². The van der Waals surface area contributed by atoms with Crippen LogP contribution in [0, 0.1) is 6.92 Å². The number of halogens is 1. The summed E-state index contributed by atoms with van der Waals surface area (Å²) >= 11 is 5.89. The van der Waals surface area contributed by atoms with E-state index in [0.717, 1.165) is 19.4 Å². The average Bonchev–Trinajstić information content (AvgIpc) is 3.41. The second-order valence-electron chi connectivity index (χ2n) is 7.76. The summed E-state index contributed by atoms with van der Waals surface area (Å²) in [6, 6.07) is 11.6. The van der Waals surface area contributed by atoms with Gasteiger partial charge in [0, 0.05) is 34.5 Å². The van der Waals surface area contributed by atoms with Crippen LogP contribution in [-0.2, 0) is 16.0 Å². The molecule has 0 bridgehead atoms. The SMILES string of the molecule is COc1ccc2c(c1)c(CC(=O)O)c(C)n2C(=O)c1ccc(Cl)cc1.O.O=C([O-])[C@@H]1CCC[NH2+]1. The molecule has 0 unspecified atom stereocenters. The third-order valence-corrected chi connectivity index (χ3v) is 5.89. The van der Waals surface area contributed by atoms with E-state index in [2.05, 4.69) is 0 Å². The van der Waals surface area contributed by atoms with Gasteiger partial charge >= 0.3 is 5.97 Å². The zero-order valence-electron chi connectivity index (χ0n) is 18.8. The van der Waals surface area contributed by atoms with Crippen LogP contribution in [0.15, 0.2) is 42.5 Å². The molecule has 5 N–H and O–H groups in total. The average molecular weight is 491 g/mol. The van der Waals surface area contributed by atoms with Crippen molar-refractivity contribution in [2.45, 2.75) is 32.2 Å². The lowest BCUT2D eigenvalue weighted by atomic mass is 10.1. The molecule has 1 atom stereocenters. The molecular formula is C24H27ClN2O7. The number of carbonyl (C=O) groups is 3. The molecule has 1 saturated heterocycles. The molecule has 1 fully saturated rings. The molecule has 2 aromatic carbocycles. The van der Waals surface area contributed by atoms with Crippen LogP contribution in [0.3, 0.4) is 0 Å². The number of nitrogens with zero attached hydrogens (tertiary/aromatic N) is 1. The van der Waals surface area contributed by atoms with Crippen LogP contribution in [0.1, 0.15) is 34.5 Å². The summed E-state index contributed by atoms with van der Waals surface area (Å²) in [6.45, 7) is 2.69. The molecule has 2 heterocycles. The maximum Gasteiger partial charge on any atom is 0.307 e. The van der Waals surface area contributed by atoms with Crippen LogP contribution in [-0.4, -0.2) is 52.7 Å². The molecule has 182 valence electrons. The zero-order chi connectivity index (χ0) is 24.1. The van der Waals surface area contributed by atoms with Gasteiger partial charge in [0.2, 0.25) is 0 Å². The van der Waals surface area contributed by atoms with E-state index in [0.29, 0.717) is 38.5 Å². The van der Waals surface area contributed by atoms with Crippen molar-refractivity contribution in [2.75, 3.05) is 13.7 Å². The van der Waals surface area contributed by atoms with Crippen molar-refractivity contribution in [1.82, 2.24) is 4.57 Å². The van der Waals surface area contributed by atoms with E-state index in [-0.39, 0.29) is 23.8 Å². The van der Waals surface area contributed by atoms with E-state index in [1.165, 1.54) is 4.57 Å². The Morgan fingerprint density at radius 2 is 1.88 bits per heavy atom. The van der Waals surface area contributed by atoms with E-state index >= 15 is 0 Å². The van der Waals surface area contributed by atoms with Gasteiger partial charge < -0.3 is 30.5 Å². The molecule has 4 rings (SSSR count). The number of aromatic nitrogens is 1. The number of aliphatic carboxylic acids is 2. The predicted molar refractivity (Wildman–Crippen MR) is 124 cm³/mol. The highest BCUT2D eigenvalue weighted by Gasteiger charge is 2.22. The molecule has 3 aromatic rings. The maximum atomic E-state index is 13.0. The molecule has 0 spiro atoms. The van der Waals surface area contributed by atoms with Gasteiger partial charge in [0.15, 0.2) is 0 Å². The summed E-state index contributed by atoms with van der Waals surface area (Å²) in [6.07, 6.45) is 1.62. The van der Waals surface area contributed by atoms with Crippen molar-refractivity contribution in [3.63, 3.8) is 0 Å². The van der Waals surface area contributed by atoms with E-state index in [1.54, 1.807) is 56.5 Å². The predicted octanol–water partition coefficient (Wildman–Crippen LogP) is 0.565. The smallest absolute Gasteiger partial charge is 0.307 e. The Balaban J connectivity index is 0.000000386. The van der Waals surface area contributed by atoms with Crippen LogP contribution >= 0.6 is 11.6 Å². The standard InChI is InChI=1S/C19H16ClNO4.C5H9NO2.H2O/c1-11-15(10-18(22)23)16-9-14(25-2)7-8-17(16)21(11)19(24)12-3-5-13(20)6-4-12;7-5(8)4-2-1-3-6-4;/h3-9H,10H2,1-2H3,(H,22,23);4,6H,1-3H2,(H,7,8);1H2/t;4-;/m.0./s1. The van der Waals surface area contributed by atoms with Crippen molar-refractivity contribution in [2.24, 2.45) is 0 Å². The van der Waals surface area contributed by atoms with E-state index in [4.69, 9.17) is 16.3 Å². The topological polar surface area (TPSA) is 157 Å². The molecule has 9 nitrogen and oxygen atoms in total. The molecule has 0 aliphatic carbocycles. The minimum Gasteiger partial charge on any atom is -0.544 e. The first-order chi connectivity index (χ1) is 15.7. The van der Waals surface area contributed by atoms with Gasteiger partial charge in [-0.3, -0.25) is 14.2 Å². The van der Waals surface area contributed by atoms with Gasteiger partial charge in [-0.2, -0.15) is 0 Å². The number of rotatable bonds is 5. The van der Waals surface area contributed by atoms with Crippen molar-refractivity contribution < 1.29 is 40.1 Å². The van der Waals surface area contributed by atoms with Crippen LogP contribution in [0.25, 0.3) is 10.9 Å². The number of benzene rings is 2. The molecule has 1 aliphatic rings. The fourth-order valence-electron chi connectivity index (χ4n) is 3.94. The summed E-state index contributed by atoms with van der Waals surface area (Å²) < 4.78 is 6.77. The third-order valence-electron chi connectivity index (χ3n) is 5.64. The van der Waals surface area contributed by atoms with E-state index < -0.39 is 11.9 Å². The lowest BCUT2D eigenvalue weighted by Gasteiger charge is -2.08. The van der Waals surface area contributed by atoms with Crippen LogP contribution in [0.5, 0.6) is 5.75 Å². The first-order valence-corrected chi connectivity index (χ1v) is 10.8. The molecule has 1 aromatic heterocycles. The number of methoxy groups -OCH3 is 1. The van der Waals surface area contributed by atoms with E-state index in [1.807, 2.05) is 5.32 Å². The monoisotopic (exact) mass is 490 g/mol. The first-order valence-electron chi connectivity index (χ1n) is 10.5. The Morgan fingerprint density at radius 1 is 1.21 bits per heavy atom. The summed E-state index contributed by atoms with van der Waals surface area (Å²) in [5, 5.41) is 22.3. The summed E-state index contributed by atoms with van der Waals surface area (Å²) in [7, 11) is 1.54. The quantitative estimate of drug-likeness (QED) is 0.532. The Morgan fingerprint density at radius 3 is 2.38 bits per heavy atom. The van der Waals surface area contributed by atoms with Crippen molar-refractivity contribution in [1.29, 1.82) is 0 Å². The van der Waals surface area contributed by atoms with Crippen LogP contribution in [0.4, 0.5) is 0 Å². The minimum absolute atomic E-state index is 0. The van der Waals surface area contributed by atoms with Crippen molar-refractivity contribution in [3.8, 4) is 5.75 Å². The van der Waals surface area contributed by atoms with Gasteiger partial charge in [0.1, 0.15) is 11.8 Å². The Labute approximate surface area is 201 Å². The molecule has 34 heavy (non-hydrogen) atoms. The number of carbonyl (C=O) groups excluding carboxylic acids is 2. The Kier molecular flexibility index (Phi) is 9.19. The Bertz CT molecular complexity index is 1180. The molecule has 0 radical (unpaired) electrons. The summed E-state index contributed by atoms with van der Waals surface area (Å²) in [4.78, 5) is 34.3. The fraction of sp³-hybridized carbons (Fsp3) is 0.292.